The maximum absolute atomic E-state index is 12.9. The van der Waals surface area contributed by atoms with Crippen LogP contribution in [0.5, 0.6) is 0 Å². The highest BCUT2D eigenvalue weighted by Gasteiger charge is 2.33. The van der Waals surface area contributed by atoms with E-state index in [1.807, 2.05) is 0 Å². The molecule has 0 fully saturated rings. The molecule has 2 rings (SSSR count). The number of carbonyl (C=O) groups excluding carboxylic acids is 1. The summed E-state index contributed by atoms with van der Waals surface area (Å²) >= 11 is 0. The predicted molar refractivity (Wildman–Crippen MR) is 61.8 cm³/mol. The quantitative estimate of drug-likeness (QED) is 0.561. The molecule has 0 saturated heterocycles. The van der Waals surface area contributed by atoms with Crippen LogP contribution in [-0.4, -0.2) is 6.29 Å². The number of carbonyl (C=O) groups is 1. The highest BCUT2D eigenvalue weighted by molar-refractivity contribution is 5.56. The number of benzene rings is 1. The average molecular weight is 218 g/mol. The first-order valence-corrected chi connectivity index (χ1v) is 5.54. The molecule has 1 nitrogen and oxygen atoms in total. The summed E-state index contributed by atoms with van der Waals surface area (Å²) in [6.45, 7) is 2.08. The summed E-state index contributed by atoms with van der Waals surface area (Å²) in [5, 5.41) is 0. The van der Waals surface area contributed by atoms with Gasteiger partial charge in [-0.3, -0.25) is 0 Å². The lowest BCUT2D eigenvalue weighted by Crippen LogP contribution is -2.21. The summed E-state index contributed by atoms with van der Waals surface area (Å²) in [6, 6.07) is 6.49. The maximum atomic E-state index is 12.9. The van der Waals surface area contributed by atoms with Crippen LogP contribution in [0.1, 0.15) is 31.7 Å². The van der Waals surface area contributed by atoms with Crippen molar-refractivity contribution in [3.05, 3.63) is 47.3 Å². The first kappa shape index (κ1) is 11.1. The number of rotatable bonds is 3. The highest BCUT2D eigenvalue weighted by atomic mass is 19.1. The van der Waals surface area contributed by atoms with Gasteiger partial charge in [-0.15, -0.1) is 0 Å². The van der Waals surface area contributed by atoms with E-state index < -0.39 is 0 Å². The molecule has 2 heteroatoms. The maximum Gasteiger partial charge on any atom is 0.123 e. The van der Waals surface area contributed by atoms with E-state index in [-0.39, 0.29) is 11.2 Å². The van der Waals surface area contributed by atoms with E-state index in [0.29, 0.717) is 6.42 Å². The Morgan fingerprint density at radius 1 is 1.38 bits per heavy atom. The summed E-state index contributed by atoms with van der Waals surface area (Å²) in [5.74, 6) is -0.233. The van der Waals surface area contributed by atoms with Gasteiger partial charge in [-0.1, -0.05) is 23.8 Å². The van der Waals surface area contributed by atoms with Crippen LogP contribution >= 0.6 is 0 Å². The van der Waals surface area contributed by atoms with Crippen LogP contribution in [0.4, 0.5) is 4.39 Å². The molecule has 0 saturated carbocycles. The Morgan fingerprint density at radius 3 is 2.56 bits per heavy atom. The largest absolute Gasteiger partial charge is 0.303 e. The Balaban J connectivity index is 2.40. The molecular weight excluding hydrogens is 203 g/mol. The Hall–Kier alpha value is -1.44. The minimum absolute atomic E-state index is 0.195. The molecular formula is C14H15FO. The van der Waals surface area contributed by atoms with Crippen molar-refractivity contribution in [2.75, 3.05) is 0 Å². The molecule has 0 N–H and O–H groups in total. The zero-order valence-electron chi connectivity index (χ0n) is 9.37. The van der Waals surface area contributed by atoms with Crippen molar-refractivity contribution < 1.29 is 9.18 Å². The normalized spacial score (nSPS) is 24.2. The van der Waals surface area contributed by atoms with Gasteiger partial charge >= 0.3 is 0 Å². The number of hydrogen-bond acceptors (Lipinski definition) is 1. The van der Waals surface area contributed by atoms with E-state index in [2.05, 4.69) is 13.0 Å². The van der Waals surface area contributed by atoms with Crippen molar-refractivity contribution in [1.29, 1.82) is 0 Å². The van der Waals surface area contributed by atoms with Crippen molar-refractivity contribution >= 4 is 6.29 Å². The third-order valence-electron chi connectivity index (χ3n) is 3.35. The summed E-state index contributed by atoms with van der Waals surface area (Å²) in [4.78, 5) is 10.8. The second-order valence-electron chi connectivity index (χ2n) is 4.52. The van der Waals surface area contributed by atoms with Crippen LogP contribution in [0.25, 0.3) is 0 Å². The summed E-state index contributed by atoms with van der Waals surface area (Å²) in [7, 11) is 0. The van der Waals surface area contributed by atoms with Crippen LogP contribution < -0.4 is 0 Å². The fourth-order valence-corrected chi connectivity index (χ4v) is 2.47. The van der Waals surface area contributed by atoms with Gasteiger partial charge in [0.05, 0.1) is 0 Å². The molecule has 0 amide bonds. The minimum atomic E-state index is -0.233. The van der Waals surface area contributed by atoms with Crippen LogP contribution in [0.2, 0.25) is 0 Å². The van der Waals surface area contributed by atoms with Gasteiger partial charge in [0.15, 0.2) is 0 Å². The number of hydrogen-bond donors (Lipinski definition) is 0. The third-order valence-corrected chi connectivity index (χ3v) is 3.35. The molecule has 1 aromatic rings. The smallest absolute Gasteiger partial charge is 0.123 e. The van der Waals surface area contributed by atoms with Gasteiger partial charge in [0, 0.05) is 11.8 Å². The molecule has 1 aromatic carbocycles. The molecule has 0 aromatic heterocycles. The van der Waals surface area contributed by atoms with Gasteiger partial charge in [-0.05, 0) is 37.5 Å². The molecule has 0 bridgehead atoms. The Kier molecular flexibility index (Phi) is 2.90. The van der Waals surface area contributed by atoms with E-state index >= 15 is 0 Å². The van der Waals surface area contributed by atoms with Crippen molar-refractivity contribution in [3.8, 4) is 0 Å². The Bertz CT molecular complexity index is 419. The zero-order valence-corrected chi connectivity index (χ0v) is 9.37. The fourth-order valence-electron chi connectivity index (χ4n) is 2.47. The van der Waals surface area contributed by atoms with Gasteiger partial charge in [0.2, 0.25) is 0 Å². The molecule has 0 aliphatic heterocycles. The number of halogens is 1. The van der Waals surface area contributed by atoms with Crippen molar-refractivity contribution in [2.24, 2.45) is 0 Å². The fraction of sp³-hybridized carbons (Fsp3) is 0.357. The predicted octanol–water partition coefficient (Wildman–Crippen LogP) is 3.39. The molecule has 16 heavy (non-hydrogen) atoms. The molecule has 0 heterocycles. The summed E-state index contributed by atoms with van der Waals surface area (Å²) in [5.41, 5.74) is 2.16. The first-order valence-electron chi connectivity index (χ1n) is 5.54. The average Bonchev–Trinajstić information content (AvgIpc) is 2.63. The van der Waals surface area contributed by atoms with Crippen LogP contribution in [0.3, 0.4) is 0 Å². The van der Waals surface area contributed by atoms with E-state index in [4.69, 9.17) is 0 Å². The summed E-state index contributed by atoms with van der Waals surface area (Å²) in [6.07, 6.45) is 5.57. The van der Waals surface area contributed by atoms with Crippen molar-refractivity contribution in [3.63, 3.8) is 0 Å². The minimum Gasteiger partial charge on any atom is -0.303 e. The van der Waals surface area contributed by atoms with Crippen LogP contribution in [0.15, 0.2) is 35.9 Å². The van der Waals surface area contributed by atoms with Gasteiger partial charge in [0.1, 0.15) is 12.1 Å². The second kappa shape index (κ2) is 4.20. The van der Waals surface area contributed by atoms with E-state index in [0.717, 1.165) is 24.7 Å². The zero-order chi connectivity index (χ0) is 11.6. The lowest BCUT2D eigenvalue weighted by Gasteiger charge is -2.25. The topological polar surface area (TPSA) is 17.1 Å². The number of aldehydes is 1. The van der Waals surface area contributed by atoms with Gasteiger partial charge < -0.3 is 4.79 Å². The lowest BCUT2D eigenvalue weighted by molar-refractivity contribution is -0.108. The van der Waals surface area contributed by atoms with Crippen molar-refractivity contribution in [2.45, 2.75) is 31.6 Å². The lowest BCUT2D eigenvalue weighted by atomic mass is 9.77. The molecule has 1 aliphatic rings. The van der Waals surface area contributed by atoms with Crippen molar-refractivity contribution in [1.82, 2.24) is 0 Å². The summed E-state index contributed by atoms with van der Waals surface area (Å²) < 4.78 is 12.9. The first-order chi connectivity index (χ1) is 7.66. The second-order valence-corrected chi connectivity index (χ2v) is 4.52. The van der Waals surface area contributed by atoms with Gasteiger partial charge in [-0.2, -0.15) is 0 Å². The molecule has 1 unspecified atom stereocenters. The standard InChI is InChI=1S/C14H15FO/c1-11-6-7-14(10-11,8-9-16)12-2-4-13(15)5-3-12/h2-5,9-10H,6-8H2,1H3. The molecule has 1 atom stereocenters. The highest BCUT2D eigenvalue weighted by Crippen LogP contribution is 2.41. The molecule has 84 valence electrons. The van der Waals surface area contributed by atoms with E-state index in [1.165, 1.54) is 17.7 Å². The Labute approximate surface area is 95.0 Å². The van der Waals surface area contributed by atoms with Gasteiger partial charge in [-0.25, -0.2) is 4.39 Å². The van der Waals surface area contributed by atoms with Crippen LogP contribution in [0, 0.1) is 5.82 Å². The molecule has 0 spiro atoms. The third kappa shape index (κ3) is 1.92. The molecule has 0 radical (unpaired) electrons. The van der Waals surface area contributed by atoms with E-state index in [1.54, 1.807) is 12.1 Å². The number of allylic oxidation sites excluding steroid dienone is 2. The monoisotopic (exact) mass is 218 g/mol. The van der Waals surface area contributed by atoms with Gasteiger partial charge in [0.25, 0.3) is 0 Å². The van der Waals surface area contributed by atoms with E-state index in [9.17, 15) is 9.18 Å². The van der Waals surface area contributed by atoms with Crippen LogP contribution in [-0.2, 0) is 10.2 Å². The Morgan fingerprint density at radius 2 is 2.06 bits per heavy atom. The SMILES string of the molecule is CC1=CC(CC=O)(c2ccc(F)cc2)CC1. The molecule has 1 aliphatic carbocycles.